The normalized spacial score (nSPS) is 16.0. The van der Waals surface area contributed by atoms with Crippen LogP contribution in [0.5, 0.6) is 0 Å². The lowest BCUT2D eigenvalue weighted by molar-refractivity contribution is -0.148. The van der Waals surface area contributed by atoms with Gasteiger partial charge in [0.15, 0.2) is 16.4 Å². The van der Waals surface area contributed by atoms with Crippen molar-refractivity contribution in [2.45, 2.75) is 43.5 Å². The molecule has 0 saturated heterocycles. The van der Waals surface area contributed by atoms with Crippen LogP contribution in [0.1, 0.15) is 42.0 Å². The van der Waals surface area contributed by atoms with Crippen molar-refractivity contribution >= 4 is 21.7 Å². The van der Waals surface area contributed by atoms with Gasteiger partial charge in [0.1, 0.15) is 0 Å². The number of hydrogen-bond donors (Lipinski definition) is 1. The zero-order valence-electron chi connectivity index (χ0n) is 16.4. The summed E-state index contributed by atoms with van der Waals surface area (Å²) in [5.41, 5.74) is 3.28. The molecular weight excluding hydrogens is 390 g/mol. The summed E-state index contributed by atoms with van der Waals surface area (Å²) in [6.07, 6.45) is 2.52. The molecule has 3 rings (SSSR count). The molecule has 0 unspecified atom stereocenters. The monoisotopic (exact) mass is 415 g/mol. The summed E-state index contributed by atoms with van der Waals surface area (Å²) in [6, 6.07) is 14.3. The Morgan fingerprint density at radius 1 is 1.10 bits per heavy atom. The molecule has 154 valence electrons. The molecule has 0 radical (unpaired) electrons. The second kappa shape index (κ2) is 9.22. The SMILES string of the molecule is Cc1ccc(S(=O)(=O)CCC(=O)OCC(=O)N[C@H]2CCCc3ccccc32)cc1. The highest BCUT2D eigenvalue weighted by atomic mass is 32.2. The second-order valence-corrected chi connectivity index (χ2v) is 9.36. The third kappa shape index (κ3) is 5.67. The molecular formula is C22H25NO5S. The van der Waals surface area contributed by atoms with Gasteiger partial charge in [0.25, 0.3) is 5.91 Å². The summed E-state index contributed by atoms with van der Waals surface area (Å²) in [5, 5.41) is 2.90. The van der Waals surface area contributed by atoms with Crippen LogP contribution in [-0.4, -0.2) is 32.7 Å². The van der Waals surface area contributed by atoms with Gasteiger partial charge in [0, 0.05) is 0 Å². The number of fused-ring (bicyclic) bond motifs is 1. The number of benzene rings is 2. The Bertz CT molecular complexity index is 983. The predicted molar refractivity (Wildman–Crippen MR) is 109 cm³/mol. The minimum Gasteiger partial charge on any atom is -0.456 e. The Balaban J connectivity index is 1.46. The largest absolute Gasteiger partial charge is 0.456 e. The van der Waals surface area contributed by atoms with Gasteiger partial charge in [0.05, 0.1) is 23.1 Å². The van der Waals surface area contributed by atoms with E-state index in [0.717, 1.165) is 30.4 Å². The number of aryl methyl sites for hydroxylation is 2. The summed E-state index contributed by atoms with van der Waals surface area (Å²) >= 11 is 0. The van der Waals surface area contributed by atoms with Crippen molar-refractivity contribution in [3.8, 4) is 0 Å². The average molecular weight is 416 g/mol. The molecule has 0 aromatic heterocycles. The molecule has 29 heavy (non-hydrogen) atoms. The second-order valence-electron chi connectivity index (χ2n) is 7.25. The van der Waals surface area contributed by atoms with Crippen molar-refractivity contribution in [3.05, 3.63) is 65.2 Å². The van der Waals surface area contributed by atoms with Gasteiger partial charge in [-0.2, -0.15) is 0 Å². The third-order valence-electron chi connectivity index (χ3n) is 5.02. The van der Waals surface area contributed by atoms with Gasteiger partial charge in [0.2, 0.25) is 0 Å². The van der Waals surface area contributed by atoms with Gasteiger partial charge in [-0.05, 0) is 49.4 Å². The topological polar surface area (TPSA) is 89.5 Å². The Labute approximate surface area is 171 Å². The summed E-state index contributed by atoms with van der Waals surface area (Å²) in [5.74, 6) is -1.45. The van der Waals surface area contributed by atoms with Gasteiger partial charge in [-0.3, -0.25) is 9.59 Å². The third-order valence-corrected chi connectivity index (χ3v) is 6.76. The molecule has 1 aliphatic carbocycles. The van der Waals surface area contributed by atoms with E-state index in [1.807, 2.05) is 25.1 Å². The average Bonchev–Trinajstić information content (AvgIpc) is 2.71. The Kier molecular flexibility index (Phi) is 6.69. The zero-order valence-corrected chi connectivity index (χ0v) is 17.2. The van der Waals surface area contributed by atoms with E-state index in [-0.39, 0.29) is 29.0 Å². The summed E-state index contributed by atoms with van der Waals surface area (Å²) in [6.45, 7) is 1.45. The van der Waals surface area contributed by atoms with Crippen LogP contribution in [0.2, 0.25) is 0 Å². The minimum atomic E-state index is -3.57. The molecule has 1 amide bonds. The van der Waals surface area contributed by atoms with E-state index in [1.165, 1.54) is 17.7 Å². The number of esters is 1. The molecule has 0 spiro atoms. The fraction of sp³-hybridized carbons (Fsp3) is 0.364. The van der Waals surface area contributed by atoms with Gasteiger partial charge < -0.3 is 10.1 Å². The molecule has 1 N–H and O–H groups in total. The van der Waals surface area contributed by atoms with Crippen molar-refractivity contribution in [3.63, 3.8) is 0 Å². The Hall–Kier alpha value is -2.67. The van der Waals surface area contributed by atoms with Crippen molar-refractivity contribution in [2.24, 2.45) is 0 Å². The maximum atomic E-state index is 12.3. The molecule has 0 fully saturated rings. The first-order valence-corrected chi connectivity index (χ1v) is 11.3. The molecule has 0 heterocycles. The van der Waals surface area contributed by atoms with Crippen LogP contribution in [0.4, 0.5) is 0 Å². The molecule has 7 heteroatoms. The highest BCUT2D eigenvalue weighted by Gasteiger charge is 2.22. The number of rotatable bonds is 7. The lowest BCUT2D eigenvalue weighted by atomic mass is 9.88. The molecule has 0 bridgehead atoms. The first-order chi connectivity index (χ1) is 13.8. The van der Waals surface area contributed by atoms with E-state index in [9.17, 15) is 18.0 Å². The van der Waals surface area contributed by atoms with E-state index >= 15 is 0 Å². The molecule has 1 aliphatic rings. The Morgan fingerprint density at radius 3 is 2.59 bits per heavy atom. The lowest BCUT2D eigenvalue weighted by Gasteiger charge is -2.26. The van der Waals surface area contributed by atoms with Crippen LogP contribution in [0, 0.1) is 6.92 Å². The van der Waals surface area contributed by atoms with E-state index in [2.05, 4.69) is 11.4 Å². The number of hydrogen-bond acceptors (Lipinski definition) is 5. The number of ether oxygens (including phenoxy) is 1. The number of nitrogens with one attached hydrogen (secondary N) is 1. The van der Waals surface area contributed by atoms with Crippen LogP contribution in [0.15, 0.2) is 53.4 Å². The highest BCUT2D eigenvalue weighted by molar-refractivity contribution is 7.91. The number of carbonyl (C=O) groups excluding carboxylic acids is 2. The van der Waals surface area contributed by atoms with E-state index in [0.29, 0.717) is 0 Å². The highest BCUT2D eigenvalue weighted by Crippen LogP contribution is 2.29. The van der Waals surface area contributed by atoms with Crippen LogP contribution in [0.25, 0.3) is 0 Å². The van der Waals surface area contributed by atoms with Gasteiger partial charge in [-0.1, -0.05) is 42.0 Å². The fourth-order valence-corrected chi connectivity index (χ4v) is 4.66. The molecule has 1 atom stereocenters. The smallest absolute Gasteiger partial charge is 0.307 e. The van der Waals surface area contributed by atoms with Gasteiger partial charge in [-0.15, -0.1) is 0 Å². The van der Waals surface area contributed by atoms with E-state index in [1.54, 1.807) is 12.1 Å². The van der Waals surface area contributed by atoms with E-state index in [4.69, 9.17) is 4.74 Å². The van der Waals surface area contributed by atoms with Crippen molar-refractivity contribution in [1.29, 1.82) is 0 Å². The number of carbonyl (C=O) groups is 2. The summed E-state index contributed by atoms with van der Waals surface area (Å²) in [4.78, 5) is 24.2. The predicted octanol–water partition coefficient (Wildman–Crippen LogP) is 2.90. The van der Waals surface area contributed by atoms with Crippen LogP contribution < -0.4 is 5.32 Å². The van der Waals surface area contributed by atoms with Gasteiger partial charge >= 0.3 is 5.97 Å². The Morgan fingerprint density at radius 2 is 1.83 bits per heavy atom. The zero-order chi connectivity index (χ0) is 20.9. The first-order valence-electron chi connectivity index (χ1n) is 9.67. The van der Waals surface area contributed by atoms with E-state index < -0.39 is 22.4 Å². The molecule has 2 aromatic carbocycles. The van der Waals surface area contributed by atoms with Gasteiger partial charge in [-0.25, -0.2) is 8.42 Å². The standard InChI is InChI=1S/C22H25NO5S/c1-16-9-11-18(12-10-16)29(26,27)14-13-22(25)28-15-21(24)23-20-8-4-6-17-5-2-3-7-19(17)20/h2-3,5,7,9-12,20H,4,6,8,13-15H2,1H3,(H,23,24)/t20-/m0/s1. The van der Waals surface area contributed by atoms with Crippen LogP contribution in [0.3, 0.4) is 0 Å². The summed E-state index contributed by atoms with van der Waals surface area (Å²) in [7, 11) is -3.57. The van der Waals surface area contributed by atoms with Crippen molar-refractivity contribution in [1.82, 2.24) is 5.32 Å². The number of amides is 1. The first kappa shape index (κ1) is 21.0. The maximum absolute atomic E-state index is 12.3. The minimum absolute atomic E-state index is 0.0898. The molecule has 6 nitrogen and oxygen atoms in total. The van der Waals surface area contributed by atoms with Crippen molar-refractivity contribution < 1.29 is 22.7 Å². The molecule has 0 saturated carbocycles. The molecule has 2 aromatic rings. The van der Waals surface area contributed by atoms with Crippen LogP contribution in [-0.2, 0) is 30.6 Å². The van der Waals surface area contributed by atoms with Crippen molar-refractivity contribution in [2.75, 3.05) is 12.4 Å². The maximum Gasteiger partial charge on any atom is 0.307 e. The fourth-order valence-electron chi connectivity index (χ4n) is 3.44. The molecule has 0 aliphatic heterocycles. The van der Waals surface area contributed by atoms with Crippen LogP contribution >= 0.6 is 0 Å². The number of sulfone groups is 1. The quantitative estimate of drug-likeness (QED) is 0.703. The lowest BCUT2D eigenvalue weighted by Crippen LogP contribution is -2.34. The summed E-state index contributed by atoms with van der Waals surface area (Å²) < 4.78 is 29.5.